The van der Waals surface area contributed by atoms with Crippen molar-refractivity contribution in [3.8, 4) is 0 Å². The number of nitrogens with zero attached hydrogens (tertiary/aromatic N) is 1. The normalized spacial score (nSPS) is 16.6. The zero-order valence-corrected chi connectivity index (χ0v) is 17.9. The van der Waals surface area contributed by atoms with Crippen molar-refractivity contribution in [1.29, 1.82) is 0 Å². The largest absolute Gasteiger partial charge is 0.467 e. The molecule has 0 aromatic heterocycles. The predicted molar refractivity (Wildman–Crippen MR) is 111 cm³/mol. The highest BCUT2D eigenvalue weighted by molar-refractivity contribution is 5.81. The van der Waals surface area contributed by atoms with E-state index in [1.807, 2.05) is 44.2 Å². The number of alkyl carbamates (subject to hydrolysis) is 1. The van der Waals surface area contributed by atoms with Crippen LogP contribution in [0.15, 0.2) is 30.3 Å². The van der Waals surface area contributed by atoms with Crippen molar-refractivity contribution < 1.29 is 29.0 Å². The van der Waals surface area contributed by atoms with Crippen LogP contribution in [0.3, 0.4) is 0 Å². The Morgan fingerprint density at radius 3 is 2.33 bits per heavy atom. The Labute approximate surface area is 177 Å². The summed E-state index contributed by atoms with van der Waals surface area (Å²) in [7, 11) is 1.28. The molecule has 0 saturated carbocycles. The van der Waals surface area contributed by atoms with Gasteiger partial charge >= 0.3 is 18.2 Å². The third kappa shape index (κ3) is 6.93. The zero-order valence-electron chi connectivity index (χ0n) is 17.9. The Morgan fingerprint density at radius 1 is 1.17 bits per heavy atom. The van der Waals surface area contributed by atoms with E-state index >= 15 is 0 Å². The van der Waals surface area contributed by atoms with Gasteiger partial charge in [-0.25, -0.2) is 14.4 Å². The van der Waals surface area contributed by atoms with Gasteiger partial charge in [-0.3, -0.25) is 0 Å². The van der Waals surface area contributed by atoms with E-state index in [4.69, 9.17) is 9.47 Å². The summed E-state index contributed by atoms with van der Waals surface area (Å²) >= 11 is 0. The number of ether oxygens (including phenoxy) is 2. The summed E-state index contributed by atoms with van der Waals surface area (Å²) in [6.07, 6.45) is 0.880. The second-order valence-corrected chi connectivity index (χ2v) is 8.18. The van der Waals surface area contributed by atoms with E-state index in [1.54, 1.807) is 0 Å². The van der Waals surface area contributed by atoms with Gasteiger partial charge in [-0.15, -0.1) is 0 Å². The fraction of sp³-hybridized carbons (Fsp3) is 0.591. The predicted octanol–water partition coefficient (Wildman–Crippen LogP) is 3.45. The molecular weight excluding hydrogens is 388 g/mol. The molecule has 2 rings (SSSR count). The van der Waals surface area contributed by atoms with Crippen molar-refractivity contribution in [1.82, 2.24) is 10.2 Å². The van der Waals surface area contributed by atoms with E-state index in [1.165, 1.54) is 12.0 Å². The van der Waals surface area contributed by atoms with Crippen LogP contribution in [-0.4, -0.2) is 60.0 Å². The number of benzene rings is 1. The maximum absolute atomic E-state index is 12.7. The molecule has 0 radical (unpaired) electrons. The van der Waals surface area contributed by atoms with Crippen LogP contribution in [0, 0.1) is 5.92 Å². The number of hydrogen-bond acceptors (Lipinski definition) is 5. The molecule has 1 fully saturated rings. The first-order valence-corrected chi connectivity index (χ1v) is 10.3. The Bertz CT molecular complexity index is 714. The molecular formula is C22H32N2O6. The van der Waals surface area contributed by atoms with Crippen LogP contribution < -0.4 is 5.32 Å². The van der Waals surface area contributed by atoms with E-state index in [0.29, 0.717) is 45.2 Å². The second kappa shape index (κ2) is 10.8. The number of likely N-dealkylation sites (tertiary alicyclic amines) is 1. The van der Waals surface area contributed by atoms with Crippen LogP contribution in [-0.2, 0) is 20.7 Å². The number of esters is 1. The lowest BCUT2D eigenvalue weighted by Crippen LogP contribution is -2.52. The van der Waals surface area contributed by atoms with E-state index in [2.05, 4.69) is 5.32 Å². The SMILES string of the molecule is COC(=O)[C@H](CC(C)C)NC(=O)OC1(CCc2ccccc2)CCN(C(=O)O)CC1. The lowest BCUT2D eigenvalue weighted by molar-refractivity contribution is -0.143. The summed E-state index contributed by atoms with van der Waals surface area (Å²) in [5, 5.41) is 11.9. The molecule has 2 N–H and O–H groups in total. The monoisotopic (exact) mass is 420 g/mol. The smallest absolute Gasteiger partial charge is 0.408 e. The second-order valence-electron chi connectivity index (χ2n) is 8.18. The number of aryl methyl sites for hydroxylation is 1. The minimum Gasteiger partial charge on any atom is -0.467 e. The topological polar surface area (TPSA) is 105 Å². The van der Waals surface area contributed by atoms with Crippen molar-refractivity contribution in [2.45, 2.75) is 57.6 Å². The molecule has 0 spiro atoms. The Balaban J connectivity index is 2.08. The summed E-state index contributed by atoms with van der Waals surface area (Å²) in [5.41, 5.74) is 0.332. The minimum absolute atomic E-state index is 0.181. The summed E-state index contributed by atoms with van der Waals surface area (Å²) in [4.78, 5) is 37.3. The Hall–Kier alpha value is -2.77. The van der Waals surface area contributed by atoms with Gasteiger partial charge in [-0.1, -0.05) is 44.2 Å². The quantitative estimate of drug-likeness (QED) is 0.624. The first-order valence-electron chi connectivity index (χ1n) is 10.3. The van der Waals surface area contributed by atoms with Gasteiger partial charge in [0, 0.05) is 25.9 Å². The van der Waals surface area contributed by atoms with Gasteiger partial charge in [-0.05, 0) is 30.7 Å². The lowest BCUT2D eigenvalue weighted by Gasteiger charge is -2.40. The molecule has 1 saturated heterocycles. The van der Waals surface area contributed by atoms with Crippen LogP contribution >= 0.6 is 0 Å². The van der Waals surface area contributed by atoms with Crippen LogP contribution in [0.4, 0.5) is 9.59 Å². The molecule has 8 nitrogen and oxygen atoms in total. The first-order chi connectivity index (χ1) is 14.2. The van der Waals surface area contributed by atoms with Crippen molar-refractivity contribution >= 4 is 18.2 Å². The third-order valence-corrected chi connectivity index (χ3v) is 5.45. The van der Waals surface area contributed by atoms with Gasteiger partial charge in [0.1, 0.15) is 11.6 Å². The molecule has 2 amide bonds. The average Bonchev–Trinajstić information content (AvgIpc) is 2.72. The minimum atomic E-state index is -0.973. The fourth-order valence-electron chi connectivity index (χ4n) is 3.72. The van der Waals surface area contributed by atoms with Gasteiger partial charge < -0.3 is 24.8 Å². The third-order valence-electron chi connectivity index (χ3n) is 5.45. The molecule has 166 valence electrons. The number of nitrogens with one attached hydrogen (secondary N) is 1. The van der Waals surface area contributed by atoms with Gasteiger partial charge in [0.05, 0.1) is 7.11 Å². The van der Waals surface area contributed by atoms with E-state index in [9.17, 15) is 19.5 Å². The number of methoxy groups -OCH3 is 1. The average molecular weight is 421 g/mol. The van der Waals surface area contributed by atoms with Crippen LogP contribution in [0.25, 0.3) is 0 Å². The van der Waals surface area contributed by atoms with E-state index in [-0.39, 0.29) is 5.92 Å². The van der Waals surface area contributed by atoms with Gasteiger partial charge in [-0.2, -0.15) is 0 Å². The van der Waals surface area contributed by atoms with Crippen LogP contribution in [0.1, 0.15) is 45.1 Å². The number of rotatable bonds is 8. The van der Waals surface area contributed by atoms with Gasteiger partial charge in [0.15, 0.2) is 0 Å². The summed E-state index contributed by atoms with van der Waals surface area (Å²) in [6, 6.07) is 9.08. The summed E-state index contributed by atoms with van der Waals surface area (Å²) in [6.45, 7) is 4.49. The van der Waals surface area contributed by atoms with E-state index < -0.39 is 29.8 Å². The van der Waals surface area contributed by atoms with Crippen molar-refractivity contribution in [2.24, 2.45) is 5.92 Å². The Kier molecular flexibility index (Phi) is 8.50. The molecule has 30 heavy (non-hydrogen) atoms. The molecule has 1 aliphatic rings. The number of amides is 2. The van der Waals surface area contributed by atoms with Gasteiger partial charge in [0.25, 0.3) is 0 Å². The standard InChI is InChI=1S/C22H32N2O6/c1-16(2)15-18(19(25)29-3)23-20(26)30-22(10-9-17-7-5-4-6-8-17)11-13-24(14-12-22)21(27)28/h4-8,16,18H,9-15H2,1-3H3,(H,23,26)(H,27,28)/t18-/m0/s1. The highest BCUT2D eigenvalue weighted by Crippen LogP contribution is 2.32. The molecule has 1 atom stereocenters. The number of carboxylic acid groups (broad SMARTS) is 1. The summed E-state index contributed by atoms with van der Waals surface area (Å²) < 4.78 is 10.7. The molecule has 0 aliphatic carbocycles. The molecule has 8 heteroatoms. The molecule has 0 bridgehead atoms. The van der Waals surface area contributed by atoms with Crippen molar-refractivity contribution in [3.63, 3.8) is 0 Å². The zero-order chi connectivity index (χ0) is 22.1. The maximum atomic E-state index is 12.7. The molecule has 1 aromatic carbocycles. The molecule has 1 aromatic rings. The number of carbonyl (C=O) groups is 3. The van der Waals surface area contributed by atoms with E-state index in [0.717, 1.165) is 5.56 Å². The number of hydrogen-bond donors (Lipinski definition) is 2. The van der Waals surface area contributed by atoms with Crippen molar-refractivity contribution in [2.75, 3.05) is 20.2 Å². The number of carbonyl (C=O) groups excluding carboxylic acids is 2. The molecule has 1 heterocycles. The first kappa shape index (κ1) is 23.5. The van der Waals surface area contributed by atoms with Crippen molar-refractivity contribution in [3.05, 3.63) is 35.9 Å². The summed E-state index contributed by atoms with van der Waals surface area (Å²) in [5.74, 6) is -0.333. The number of piperidine rings is 1. The fourth-order valence-corrected chi connectivity index (χ4v) is 3.72. The van der Waals surface area contributed by atoms with Crippen LogP contribution in [0.5, 0.6) is 0 Å². The molecule has 1 aliphatic heterocycles. The molecule has 0 unspecified atom stereocenters. The van der Waals surface area contributed by atoms with Crippen LogP contribution in [0.2, 0.25) is 0 Å². The highest BCUT2D eigenvalue weighted by atomic mass is 16.6. The highest BCUT2D eigenvalue weighted by Gasteiger charge is 2.40. The maximum Gasteiger partial charge on any atom is 0.408 e. The lowest BCUT2D eigenvalue weighted by atomic mass is 9.85. The Morgan fingerprint density at radius 2 is 1.80 bits per heavy atom. The van der Waals surface area contributed by atoms with Gasteiger partial charge in [0.2, 0.25) is 0 Å².